The Morgan fingerprint density at radius 3 is 2.53 bits per heavy atom. The van der Waals surface area contributed by atoms with Crippen molar-refractivity contribution in [1.82, 2.24) is 5.32 Å². The Kier molecular flexibility index (Phi) is 8.61. The maximum atomic E-state index is 11.9. The lowest BCUT2D eigenvalue weighted by Gasteiger charge is -2.17. The van der Waals surface area contributed by atoms with E-state index in [0.29, 0.717) is 12.5 Å². The van der Waals surface area contributed by atoms with Gasteiger partial charge in [0.05, 0.1) is 0 Å². The SMILES string of the molecule is CCCCC(CC)C(=O)NCC(N)C1CC1.Cl. The third-order valence-corrected chi connectivity index (χ3v) is 3.51. The van der Waals surface area contributed by atoms with E-state index < -0.39 is 0 Å². The summed E-state index contributed by atoms with van der Waals surface area (Å²) in [5.41, 5.74) is 5.95. The van der Waals surface area contributed by atoms with E-state index in [4.69, 9.17) is 5.73 Å². The van der Waals surface area contributed by atoms with Crippen LogP contribution in [-0.4, -0.2) is 18.5 Å². The molecule has 1 fully saturated rings. The Bertz CT molecular complexity index is 219. The van der Waals surface area contributed by atoms with Crippen LogP contribution in [0.2, 0.25) is 0 Å². The fourth-order valence-electron chi connectivity index (χ4n) is 2.02. The molecular weight excluding hydrogens is 236 g/mol. The van der Waals surface area contributed by atoms with Crippen molar-refractivity contribution in [3.63, 3.8) is 0 Å². The van der Waals surface area contributed by atoms with E-state index in [1.165, 1.54) is 12.8 Å². The van der Waals surface area contributed by atoms with E-state index in [0.717, 1.165) is 25.7 Å². The average Bonchev–Trinajstić information content (AvgIpc) is 3.10. The number of carbonyl (C=O) groups excluding carboxylic acids is 1. The molecule has 1 aliphatic carbocycles. The Balaban J connectivity index is 0.00000256. The lowest BCUT2D eigenvalue weighted by molar-refractivity contribution is -0.125. The van der Waals surface area contributed by atoms with Gasteiger partial charge in [-0.05, 0) is 31.6 Å². The molecule has 2 atom stereocenters. The molecule has 0 aromatic rings. The number of hydrogen-bond acceptors (Lipinski definition) is 2. The minimum absolute atomic E-state index is 0. The Morgan fingerprint density at radius 1 is 1.41 bits per heavy atom. The quantitative estimate of drug-likeness (QED) is 0.706. The summed E-state index contributed by atoms with van der Waals surface area (Å²) in [5.74, 6) is 1.05. The summed E-state index contributed by atoms with van der Waals surface area (Å²) < 4.78 is 0. The third-order valence-electron chi connectivity index (χ3n) is 3.51. The van der Waals surface area contributed by atoms with Crippen LogP contribution in [0.25, 0.3) is 0 Å². The van der Waals surface area contributed by atoms with Gasteiger partial charge in [0.2, 0.25) is 5.91 Å². The Morgan fingerprint density at radius 2 is 2.06 bits per heavy atom. The monoisotopic (exact) mass is 262 g/mol. The van der Waals surface area contributed by atoms with Crippen LogP contribution in [0.1, 0.15) is 52.4 Å². The van der Waals surface area contributed by atoms with Crippen LogP contribution in [0.5, 0.6) is 0 Å². The zero-order valence-electron chi connectivity index (χ0n) is 11.1. The van der Waals surface area contributed by atoms with Crippen molar-refractivity contribution >= 4 is 18.3 Å². The second kappa shape index (κ2) is 8.76. The zero-order chi connectivity index (χ0) is 12.0. The maximum Gasteiger partial charge on any atom is 0.223 e. The molecule has 3 N–H and O–H groups in total. The van der Waals surface area contributed by atoms with Crippen molar-refractivity contribution in [1.29, 1.82) is 0 Å². The molecule has 0 bridgehead atoms. The minimum atomic E-state index is 0. The van der Waals surface area contributed by atoms with Gasteiger partial charge in [0.15, 0.2) is 0 Å². The molecule has 17 heavy (non-hydrogen) atoms. The first-order valence-corrected chi connectivity index (χ1v) is 6.72. The van der Waals surface area contributed by atoms with E-state index in [2.05, 4.69) is 19.2 Å². The predicted molar refractivity (Wildman–Crippen MR) is 74.3 cm³/mol. The summed E-state index contributed by atoms with van der Waals surface area (Å²) in [6, 6.07) is 0.174. The molecule has 0 spiro atoms. The molecule has 2 unspecified atom stereocenters. The van der Waals surface area contributed by atoms with E-state index in [1.807, 2.05) is 0 Å². The highest BCUT2D eigenvalue weighted by Gasteiger charge is 2.28. The molecule has 0 aromatic heterocycles. The molecule has 0 saturated heterocycles. The molecule has 0 aromatic carbocycles. The van der Waals surface area contributed by atoms with E-state index in [-0.39, 0.29) is 30.3 Å². The second-order valence-electron chi connectivity index (χ2n) is 4.99. The zero-order valence-corrected chi connectivity index (χ0v) is 11.9. The van der Waals surface area contributed by atoms with Crippen LogP contribution in [0.3, 0.4) is 0 Å². The highest BCUT2D eigenvalue weighted by atomic mass is 35.5. The number of carbonyl (C=O) groups is 1. The van der Waals surface area contributed by atoms with Gasteiger partial charge in [-0.15, -0.1) is 12.4 Å². The van der Waals surface area contributed by atoms with E-state index in [9.17, 15) is 4.79 Å². The number of amides is 1. The molecule has 1 rings (SSSR count). The molecule has 1 amide bonds. The van der Waals surface area contributed by atoms with Crippen LogP contribution in [0, 0.1) is 11.8 Å². The molecule has 102 valence electrons. The summed E-state index contributed by atoms with van der Waals surface area (Å²) in [6.45, 7) is 4.90. The van der Waals surface area contributed by atoms with Gasteiger partial charge in [-0.1, -0.05) is 26.7 Å². The summed E-state index contributed by atoms with van der Waals surface area (Å²) in [7, 11) is 0. The second-order valence-corrected chi connectivity index (χ2v) is 4.99. The van der Waals surface area contributed by atoms with Crippen LogP contribution < -0.4 is 11.1 Å². The van der Waals surface area contributed by atoms with Gasteiger partial charge in [0, 0.05) is 18.5 Å². The highest BCUT2D eigenvalue weighted by molar-refractivity contribution is 5.85. The van der Waals surface area contributed by atoms with Crippen molar-refractivity contribution in [2.45, 2.75) is 58.4 Å². The summed E-state index contributed by atoms with van der Waals surface area (Å²) in [4.78, 5) is 11.9. The van der Waals surface area contributed by atoms with Crippen molar-refractivity contribution in [2.24, 2.45) is 17.6 Å². The summed E-state index contributed by atoms with van der Waals surface area (Å²) in [6.07, 6.45) is 6.72. The molecule has 4 heteroatoms. The number of nitrogens with one attached hydrogen (secondary N) is 1. The first-order valence-electron chi connectivity index (χ1n) is 6.72. The van der Waals surface area contributed by atoms with Crippen molar-refractivity contribution in [3.05, 3.63) is 0 Å². The van der Waals surface area contributed by atoms with Gasteiger partial charge < -0.3 is 11.1 Å². The number of halogens is 1. The van der Waals surface area contributed by atoms with Gasteiger partial charge in [-0.25, -0.2) is 0 Å². The lowest BCUT2D eigenvalue weighted by atomic mass is 9.98. The third kappa shape index (κ3) is 6.27. The normalized spacial score (nSPS) is 18.1. The van der Waals surface area contributed by atoms with Crippen molar-refractivity contribution in [3.8, 4) is 0 Å². The minimum Gasteiger partial charge on any atom is -0.354 e. The van der Waals surface area contributed by atoms with Gasteiger partial charge in [0.1, 0.15) is 0 Å². The first-order chi connectivity index (χ1) is 7.69. The smallest absolute Gasteiger partial charge is 0.223 e. The first kappa shape index (κ1) is 16.7. The van der Waals surface area contributed by atoms with Gasteiger partial charge in [0.25, 0.3) is 0 Å². The van der Waals surface area contributed by atoms with Gasteiger partial charge >= 0.3 is 0 Å². The molecule has 3 nitrogen and oxygen atoms in total. The number of hydrogen-bond donors (Lipinski definition) is 2. The van der Waals surface area contributed by atoms with E-state index >= 15 is 0 Å². The van der Waals surface area contributed by atoms with Crippen LogP contribution >= 0.6 is 12.4 Å². The molecule has 1 saturated carbocycles. The Hall–Kier alpha value is -0.280. The van der Waals surface area contributed by atoms with Crippen LogP contribution in [-0.2, 0) is 4.79 Å². The molecule has 0 radical (unpaired) electrons. The fourth-order valence-corrected chi connectivity index (χ4v) is 2.02. The molecular formula is C13H27ClN2O. The Labute approximate surface area is 111 Å². The lowest BCUT2D eigenvalue weighted by Crippen LogP contribution is -2.41. The van der Waals surface area contributed by atoms with Crippen LogP contribution in [0.4, 0.5) is 0 Å². The van der Waals surface area contributed by atoms with Gasteiger partial charge in [-0.2, -0.15) is 0 Å². The maximum absolute atomic E-state index is 11.9. The number of rotatable bonds is 8. The van der Waals surface area contributed by atoms with Crippen molar-refractivity contribution < 1.29 is 4.79 Å². The summed E-state index contributed by atoms with van der Waals surface area (Å²) in [5, 5.41) is 3.00. The number of nitrogens with two attached hydrogens (primary N) is 1. The van der Waals surface area contributed by atoms with E-state index in [1.54, 1.807) is 0 Å². The molecule has 0 aliphatic heterocycles. The van der Waals surface area contributed by atoms with Crippen LogP contribution in [0.15, 0.2) is 0 Å². The molecule has 1 aliphatic rings. The number of unbranched alkanes of at least 4 members (excludes halogenated alkanes) is 1. The molecule has 0 heterocycles. The topological polar surface area (TPSA) is 55.1 Å². The predicted octanol–water partition coefficient (Wildman–Crippen LogP) is 2.48. The fraction of sp³-hybridized carbons (Fsp3) is 0.923. The standard InChI is InChI=1S/C13H26N2O.ClH/c1-3-5-6-10(4-2)13(16)15-9-12(14)11-7-8-11;/h10-12H,3-9,14H2,1-2H3,(H,15,16);1H. The van der Waals surface area contributed by atoms with Crippen molar-refractivity contribution in [2.75, 3.05) is 6.54 Å². The highest BCUT2D eigenvalue weighted by Crippen LogP contribution is 2.31. The average molecular weight is 263 g/mol. The summed E-state index contributed by atoms with van der Waals surface area (Å²) >= 11 is 0. The van der Waals surface area contributed by atoms with Gasteiger partial charge in [-0.3, -0.25) is 4.79 Å². The largest absolute Gasteiger partial charge is 0.354 e.